The number of furan rings is 1. The van der Waals surface area contributed by atoms with Gasteiger partial charge in [0.2, 0.25) is 0 Å². The Labute approximate surface area is 165 Å². The number of pyridine rings is 1. The van der Waals surface area contributed by atoms with E-state index in [0.29, 0.717) is 23.6 Å². The number of nitrogens with zero attached hydrogens (tertiary/aromatic N) is 5. The summed E-state index contributed by atoms with van der Waals surface area (Å²) in [6.07, 6.45) is 5.17. The van der Waals surface area contributed by atoms with Crippen LogP contribution >= 0.6 is 11.8 Å². The van der Waals surface area contributed by atoms with Crippen molar-refractivity contribution < 1.29 is 4.42 Å². The monoisotopic (exact) mass is 393 g/mol. The van der Waals surface area contributed by atoms with Crippen molar-refractivity contribution in [1.29, 1.82) is 0 Å². The molecule has 0 aliphatic heterocycles. The lowest BCUT2D eigenvalue weighted by Gasteiger charge is -2.08. The third-order valence-electron chi connectivity index (χ3n) is 4.42. The van der Waals surface area contributed by atoms with Crippen LogP contribution in [0.1, 0.15) is 17.0 Å². The molecule has 0 aliphatic rings. The molecule has 0 aromatic carbocycles. The molecule has 0 saturated carbocycles. The standard InChI is InChI=1S/C20H19N5O2S/c1-4-8-25-19(16-7-10-27-14(16)3)22-23-20(25)28-12-15-11-17(26)24-9-5-6-13(2)18(24)21-15/h4-7,9-11H,1,8,12H2,2-3H3. The quantitative estimate of drug-likeness (QED) is 0.368. The van der Waals surface area contributed by atoms with E-state index in [9.17, 15) is 4.79 Å². The first-order valence-electron chi connectivity index (χ1n) is 8.77. The van der Waals surface area contributed by atoms with E-state index in [1.807, 2.05) is 36.6 Å². The van der Waals surface area contributed by atoms with Crippen LogP contribution in [0.2, 0.25) is 0 Å². The molecule has 0 saturated heterocycles. The Morgan fingerprint density at radius 2 is 2.14 bits per heavy atom. The Bertz CT molecular complexity index is 1220. The first-order chi connectivity index (χ1) is 13.6. The highest BCUT2D eigenvalue weighted by molar-refractivity contribution is 7.98. The summed E-state index contributed by atoms with van der Waals surface area (Å²) in [4.78, 5) is 17.0. The highest BCUT2D eigenvalue weighted by atomic mass is 32.2. The summed E-state index contributed by atoms with van der Waals surface area (Å²) >= 11 is 1.49. The van der Waals surface area contributed by atoms with E-state index in [-0.39, 0.29) is 5.56 Å². The molecule has 4 aromatic heterocycles. The molecule has 0 aliphatic carbocycles. The minimum absolute atomic E-state index is 0.0911. The van der Waals surface area contributed by atoms with Crippen LogP contribution in [-0.2, 0) is 12.3 Å². The zero-order chi connectivity index (χ0) is 19.7. The number of allylic oxidation sites excluding steroid dienone is 1. The molecular formula is C20H19N5O2S. The smallest absolute Gasteiger partial charge is 0.258 e. The van der Waals surface area contributed by atoms with Gasteiger partial charge in [-0.1, -0.05) is 23.9 Å². The van der Waals surface area contributed by atoms with Gasteiger partial charge in [0.05, 0.1) is 17.5 Å². The molecule has 7 nitrogen and oxygen atoms in total. The van der Waals surface area contributed by atoms with Crippen LogP contribution in [0.4, 0.5) is 0 Å². The SMILES string of the molecule is C=CCn1c(SCc2cc(=O)n3cccc(C)c3n2)nnc1-c1ccoc1C. The highest BCUT2D eigenvalue weighted by Gasteiger charge is 2.17. The Morgan fingerprint density at radius 3 is 2.89 bits per heavy atom. The molecule has 4 rings (SSSR count). The topological polar surface area (TPSA) is 78.2 Å². The number of aromatic nitrogens is 5. The number of rotatable bonds is 6. The zero-order valence-corrected chi connectivity index (χ0v) is 16.4. The molecule has 0 unspecified atom stereocenters. The van der Waals surface area contributed by atoms with Gasteiger partial charge in [-0.15, -0.1) is 16.8 Å². The van der Waals surface area contributed by atoms with Gasteiger partial charge in [0, 0.05) is 24.6 Å². The summed E-state index contributed by atoms with van der Waals surface area (Å²) in [5.41, 5.74) is 3.15. The van der Waals surface area contributed by atoms with Crippen LogP contribution in [0.25, 0.3) is 17.0 Å². The molecule has 0 bridgehead atoms. The van der Waals surface area contributed by atoms with E-state index in [4.69, 9.17) is 4.42 Å². The van der Waals surface area contributed by atoms with E-state index in [1.54, 1.807) is 29.0 Å². The average Bonchev–Trinajstić information content (AvgIpc) is 3.27. The fraction of sp³-hybridized carbons (Fsp3) is 0.200. The van der Waals surface area contributed by atoms with Crippen molar-refractivity contribution in [1.82, 2.24) is 24.1 Å². The summed E-state index contributed by atoms with van der Waals surface area (Å²) in [5.74, 6) is 2.03. The maximum atomic E-state index is 12.4. The van der Waals surface area contributed by atoms with Crippen LogP contribution in [0.3, 0.4) is 0 Å². The Hall–Kier alpha value is -3.13. The molecule has 28 heavy (non-hydrogen) atoms. The molecule has 142 valence electrons. The van der Waals surface area contributed by atoms with Gasteiger partial charge in [0.15, 0.2) is 11.0 Å². The summed E-state index contributed by atoms with van der Waals surface area (Å²) in [5, 5.41) is 9.39. The lowest BCUT2D eigenvalue weighted by molar-refractivity contribution is 0.534. The van der Waals surface area contributed by atoms with Gasteiger partial charge < -0.3 is 4.42 Å². The highest BCUT2D eigenvalue weighted by Crippen LogP contribution is 2.28. The van der Waals surface area contributed by atoms with E-state index in [0.717, 1.165) is 27.9 Å². The molecule has 8 heteroatoms. The summed E-state index contributed by atoms with van der Waals surface area (Å²) in [6, 6.07) is 7.23. The van der Waals surface area contributed by atoms with E-state index >= 15 is 0 Å². The lowest BCUT2D eigenvalue weighted by atomic mass is 10.2. The molecular weight excluding hydrogens is 374 g/mol. The Kier molecular flexibility index (Phi) is 4.87. The van der Waals surface area contributed by atoms with Crippen LogP contribution in [0, 0.1) is 13.8 Å². The van der Waals surface area contributed by atoms with Crippen molar-refractivity contribution in [2.75, 3.05) is 0 Å². The molecule has 0 N–H and O–H groups in total. The lowest BCUT2D eigenvalue weighted by Crippen LogP contribution is -2.15. The number of fused-ring (bicyclic) bond motifs is 1. The van der Waals surface area contributed by atoms with E-state index < -0.39 is 0 Å². The Morgan fingerprint density at radius 1 is 1.29 bits per heavy atom. The fourth-order valence-corrected chi connectivity index (χ4v) is 3.87. The van der Waals surface area contributed by atoms with Gasteiger partial charge in [-0.3, -0.25) is 13.8 Å². The van der Waals surface area contributed by atoms with Crippen molar-refractivity contribution >= 4 is 17.4 Å². The molecule has 4 heterocycles. The second kappa shape index (κ2) is 7.47. The van der Waals surface area contributed by atoms with E-state index in [1.165, 1.54) is 11.8 Å². The van der Waals surface area contributed by atoms with Crippen LogP contribution in [-0.4, -0.2) is 24.1 Å². The minimum Gasteiger partial charge on any atom is -0.469 e. The minimum atomic E-state index is -0.0911. The van der Waals surface area contributed by atoms with Gasteiger partial charge in [-0.2, -0.15) is 0 Å². The predicted octanol–water partition coefficient (Wildman–Crippen LogP) is 3.64. The summed E-state index contributed by atoms with van der Waals surface area (Å²) in [6.45, 7) is 8.24. The second-order valence-electron chi connectivity index (χ2n) is 6.36. The van der Waals surface area contributed by atoms with Crippen molar-refractivity contribution in [3.63, 3.8) is 0 Å². The average molecular weight is 393 g/mol. The third kappa shape index (κ3) is 3.27. The van der Waals surface area contributed by atoms with Gasteiger partial charge >= 0.3 is 0 Å². The normalized spacial score (nSPS) is 11.2. The van der Waals surface area contributed by atoms with E-state index in [2.05, 4.69) is 21.8 Å². The van der Waals surface area contributed by atoms with Crippen molar-refractivity contribution in [3.8, 4) is 11.4 Å². The number of hydrogen-bond acceptors (Lipinski definition) is 6. The molecule has 0 spiro atoms. The van der Waals surface area contributed by atoms with Crippen molar-refractivity contribution in [2.45, 2.75) is 31.3 Å². The first-order valence-corrected chi connectivity index (χ1v) is 9.76. The molecule has 0 amide bonds. The number of aryl methyl sites for hydroxylation is 2. The van der Waals surface area contributed by atoms with Gasteiger partial charge in [-0.05, 0) is 31.5 Å². The molecule has 4 aromatic rings. The predicted molar refractivity (Wildman–Crippen MR) is 108 cm³/mol. The largest absolute Gasteiger partial charge is 0.469 e. The molecule has 0 radical (unpaired) electrons. The number of hydrogen-bond donors (Lipinski definition) is 0. The fourth-order valence-electron chi connectivity index (χ4n) is 3.03. The molecule has 0 fully saturated rings. The maximum Gasteiger partial charge on any atom is 0.258 e. The zero-order valence-electron chi connectivity index (χ0n) is 15.6. The summed E-state index contributed by atoms with van der Waals surface area (Å²) < 4.78 is 8.93. The Balaban J connectivity index is 1.65. The molecule has 0 atom stereocenters. The van der Waals surface area contributed by atoms with Crippen LogP contribution in [0.15, 0.2) is 63.7 Å². The number of thioether (sulfide) groups is 1. The third-order valence-corrected chi connectivity index (χ3v) is 5.42. The van der Waals surface area contributed by atoms with Crippen LogP contribution < -0.4 is 5.56 Å². The van der Waals surface area contributed by atoms with Crippen molar-refractivity contribution in [2.24, 2.45) is 0 Å². The van der Waals surface area contributed by atoms with Gasteiger partial charge in [0.25, 0.3) is 5.56 Å². The first kappa shape index (κ1) is 18.2. The summed E-state index contributed by atoms with van der Waals surface area (Å²) in [7, 11) is 0. The van der Waals surface area contributed by atoms with Crippen LogP contribution in [0.5, 0.6) is 0 Å². The van der Waals surface area contributed by atoms with Crippen molar-refractivity contribution in [3.05, 3.63) is 76.8 Å². The second-order valence-corrected chi connectivity index (χ2v) is 7.30. The van der Waals surface area contributed by atoms with Gasteiger partial charge in [0.1, 0.15) is 11.4 Å². The maximum absolute atomic E-state index is 12.4. The van der Waals surface area contributed by atoms with Gasteiger partial charge in [-0.25, -0.2) is 4.98 Å².